The van der Waals surface area contributed by atoms with Crippen molar-refractivity contribution in [2.75, 3.05) is 6.61 Å². The number of Topliss-reactive ketones (excluding diaryl/α,β-unsaturated/α-hetero) is 1. The fourth-order valence-electron chi connectivity index (χ4n) is 3.25. The lowest BCUT2D eigenvalue weighted by molar-refractivity contribution is -0.149. The van der Waals surface area contributed by atoms with Crippen LogP contribution < -0.4 is 9.47 Å². The van der Waals surface area contributed by atoms with Gasteiger partial charge in [0.05, 0.1) is 11.7 Å². The van der Waals surface area contributed by atoms with Crippen molar-refractivity contribution < 1.29 is 23.8 Å². The first kappa shape index (κ1) is 20.4. The number of carbonyl (C=O) groups is 2. The largest absolute Gasteiger partial charge is 0.482 e. The molecule has 0 N–H and O–H groups in total. The number of esters is 1. The maximum atomic E-state index is 12.7. The average molecular weight is 414 g/mol. The quantitative estimate of drug-likeness (QED) is 0.405. The number of ketones is 1. The van der Waals surface area contributed by atoms with Crippen molar-refractivity contribution in [2.45, 2.75) is 20.0 Å². The van der Waals surface area contributed by atoms with Crippen molar-refractivity contribution in [1.29, 1.82) is 0 Å². The highest BCUT2D eigenvalue weighted by Gasteiger charge is 2.27. The van der Waals surface area contributed by atoms with Crippen molar-refractivity contribution in [3.8, 4) is 22.6 Å². The Bertz CT molecular complexity index is 1130. The first-order chi connectivity index (χ1) is 15.0. The molecule has 1 aliphatic rings. The lowest BCUT2D eigenvalue weighted by Crippen LogP contribution is -2.18. The minimum atomic E-state index is -0.452. The molecule has 0 aromatic heterocycles. The maximum absolute atomic E-state index is 12.7. The normalized spacial score (nSPS) is 13.8. The van der Waals surface area contributed by atoms with Crippen LogP contribution in [0.4, 0.5) is 0 Å². The highest BCUT2D eigenvalue weighted by atomic mass is 16.6. The summed E-state index contributed by atoms with van der Waals surface area (Å²) in [5.74, 6) is 0.450. The lowest BCUT2D eigenvalue weighted by atomic mass is 10.0. The monoisotopic (exact) mass is 414 g/mol. The summed E-state index contributed by atoms with van der Waals surface area (Å²) in [6, 6.07) is 22.9. The Hall–Kier alpha value is -3.86. The molecule has 0 atom stereocenters. The molecule has 0 radical (unpaired) electrons. The van der Waals surface area contributed by atoms with E-state index in [0.717, 1.165) is 16.7 Å². The predicted molar refractivity (Wildman–Crippen MR) is 118 cm³/mol. The van der Waals surface area contributed by atoms with Gasteiger partial charge in [0.1, 0.15) is 11.5 Å². The second kappa shape index (κ2) is 8.88. The third-order valence-electron chi connectivity index (χ3n) is 4.68. The summed E-state index contributed by atoms with van der Waals surface area (Å²) in [5.41, 5.74) is 3.56. The topological polar surface area (TPSA) is 61.8 Å². The van der Waals surface area contributed by atoms with E-state index in [1.54, 1.807) is 38.1 Å². The van der Waals surface area contributed by atoms with Gasteiger partial charge in [0.25, 0.3) is 0 Å². The summed E-state index contributed by atoms with van der Waals surface area (Å²) in [6.45, 7) is 3.34. The number of hydrogen-bond donors (Lipinski definition) is 0. The summed E-state index contributed by atoms with van der Waals surface area (Å²) >= 11 is 0. The van der Waals surface area contributed by atoms with E-state index in [2.05, 4.69) is 12.1 Å². The maximum Gasteiger partial charge on any atom is 0.344 e. The molecular formula is C26H22O5. The third-order valence-corrected chi connectivity index (χ3v) is 4.68. The molecule has 3 aromatic rings. The number of ether oxygens (including phenoxy) is 3. The van der Waals surface area contributed by atoms with E-state index in [1.807, 2.05) is 42.5 Å². The van der Waals surface area contributed by atoms with Crippen molar-refractivity contribution in [3.05, 3.63) is 89.7 Å². The Balaban J connectivity index is 1.46. The van der Waals surface area contributed by atoms with Crippen molar-refractivity contribution >= 4 is 17.8 Å². The van der Waals surface area contributed by atoms with E-state index < -0.39 is 5.97 Å². The molecule has 1 heterocycles. The van der Waals surface area contributed by atoms with Crippen LogP contribution in [0.3, 0.4) is 0 Å². The van der Waals surface area contributed by atoms with Gasteiger partial charge < -0.3 is 14.2 Å². The summed E-state index contributed by atoms with van der Waals surface area (Å²) in [4.78, 5) is 24.3. The second-order valence-corrected chi connectivity index (χ2v) is 7.41. The molecule has 0 saturated carbocycles. The molecule has 1 aliphatic heterocycles. The van der Waals surface area contributed by atoms with Gasteiger partial charge in [-0.05, 0) is 48.7 Å². The molecule has 3 aromatic carbocycles. The molecule has 4 rings (SSSR count). The van der Waals surface area contributed by atoms with E-state index in [4.69, 9.17) is 14.2 Å². The van der Waals surface area contributed by atoms with Crippen LogP contribution in [-0.2, 0) is 9.53 Å². The lowest BCUT2D eigenvalue weighted by Gasteiger charge is -2.09. The molecule has 0 saturated heterocycles. The van der Waals surface area contributed by atoms with Crippen LogP contribution >= 0.6 is 0 Å². The third kappa shape index (κ3) is 4.83. The number of benzene rings is 3. The number of fused-ring (bicyclic) bond motifs is 1. The second-order valence-electron chi connectivity index (χ2n) is 7.41. The van der Waals surface area contributed by atoms with Crippen LogP contribution in [0.2, 0.25) is 0 Å². The average Bonchev–Trinajstić information content (AvgIpc) is 3.07. The zero-order chi connectivity index (χ0) is 21.8. The van der Waals surface area contributed by atoms with Gasteiger partial charge in [0.15, 0.2) is 12.4 Å². The zero-order valence-corrected chi connectivity index (χ0v) is 17.3. The molecule has 5 heteroatoms. The SMILES string of the molecule is CC(C)OC(=O)COc1ccc2c(c1)OC(=Cc1ccc(-c3ccccc3)cc1)C2=O. The van der Waals surface area contributed by atoms with Gasteiger partial charge in [0.2, 0.25) is 5.78 Å². The van der Waals surface area contributed by atoms with Crippen LogP contribution in [0, 0.1) is 0 Å². The minimum Gasteiger partial charge on any atom is -0.482 e. The molecule has 0 aliphatic carbocycles. The first-order valence-electron chi connectivity index (χ1n) is 10.1. The summed E-state index contributed by atoms with van der Waals surface area (Å²) in [7, 11) is 0. The van der Waals surface area contributed by atoms with Crippen molar-refractivity contribution in [3.63, 3.8) is 0 Å². The van der Waals surface area contributed by atoms with Gasteiger partial charge >= 0.3 is 5.97 Å². The van der Waals surface area contributed by atoms with Gasteiger partial charge in [-0.15, -0.1) is 0 Å². The molecule has 0 fully saturated rings. The van der Waals surface area contributed by atoms with Gasteiger partial charge in [-0.2, -0.15) is 0 Å². The Morgan fingerprint density at radius 2 is 1.68 bits per heavy atom. The van der Waals surface area contributed by atoms with Crippen molar-refractivity contribution in [1.82, 2.24) is 0 Å². The van der Waals surface area contributed by atoms with Crippen LogP contribution in [0.15, 0.2) is 78.6 Å². The van der Waals surface area contributed by atoms with Crippen LogP contribution in [-0.4, -0.2) is 24.5 Å². The number of carbonyl (C=O) groups excluding carboxylic acids is 2. The number of hydrogen-bond acceptors (Lipinski definition) is 5. The van der Waals surface area contributed by atoms with E-state index in [9.17, 15) is 9.59 Å². The summed E-state index contributed by atoms with van der Waals surface area (Å²) in [5, 5.41) is 0. The fraction of sp³-hybridized carbons (Fsp3) is 0.154. The molecule has 0 bridgehead atoms. The zero-order valence-electron chi connectivity index (χ0n) is 17.3. The van der Waals surface area contributed by atoms with Crippen molar-refractivity contribution in [2.24, 2.45) is 0 Å². The van der Waals surface area contributed by atoms with Gasteiger partial charge in [-0.3, -0.25) is 4.79 Å². The molecule has 0 unspecified atom stereocenters. The van der Waals surface area contributed by atoms with Gasteiger partial charge in [0, 0.05) is 6.07 Å². The summed E-state index contributed by atoms with van der Waals surface area (Å²) < 4.78 is 16.3. The molecule has 31 heavy (non-hydrogen) atoms. The molecule has 156 valence electrons. The standard InChI is InChI=1S/C26H22O5/c1-17(2)30-25(27)16-29-21-12-13-22-23(15-21)31-24(26(22)28)14-18-8-10-20(11-9-18)19-6-4-3-5-7-19/h3-15,17H,16H2,1-2H3. The van der Waals surface area contributed by atoms with E-state index in [1.165, 1.54) is 0 Å². The molecule has 0 spiro atoms. The predicted octanol–water partition coefficient (Wildman–Crippen LogP) is 5.30. The Morgan fingerprint density at radius 3 is 2.39 bits per heavy atom. The number of rotatable bonds is 6. The van der Waals surface area contributed by atoms with Crippen LogP contribution in [0.25, 0.3) is 17.2 Å². The van der Waals surface area contributed by atoms with Gasteiger partial charge in [-0.1, -0.05) is 54.6 Å². The first-order valence-corrected chi connectivity index (χ1v) is 10.1. The summed E-state index contributed by atoms with van der Waals surface area (Å²) in [6.07, 6.45) is 1.52. The molecular weight excluding hydrogens is 392 g/mol. The molecule has 5 nitrogen and oxygen atoms in total. The molecule has 0 amide bonds. The fourth-order valence-corrected chi connectivity index (χ4v) is 3.25. The number of allylic oxidation sites excluding steroid dienone is 1. The smallest absolute Gasteiger partial charge is 0.344 e. The van der Waals surface area contributed by atoms with E-state index in [0.29, 0.717) is 17.1 Å². The van der Waals surface area contributed by atoms with Crippen LogP contribution in [0.5, 0.6) is 11.5 Å². The highest BCUT2D eigenvalue weighted by molar-refractivity contribution is 6.14. The van der Waals surface area contributed by atoms with Gasteiger partial charge in [-0.25, -0.2) is 4.79 Å². The minimum absolute atomic E-state index is 0.187. The Morgan fingerprint density at radius 1 is 0.968 bits per heavy atom. The highest BCUT2D eigenvalue weighted by Crippen LogP contribution is 2.35. The Labute approximate surface area is 180 Å². The Kier molecular flexibility index (Phi) is 5.85. The van der Waals surface area contributed by atoms with Crippen LogP contribution in [0.1, 0.15) is 29.8 Å². The van der Waals surface area contributed by atoms with E-state index in [-0.39, 0.29) is 24.3 Å². The van der Waals surface area contributed by atoms with E-state index >= 15 is 0 Å².